The second kappa shape index (κ2) is 5.71. The van der Waals surface area contributed by atoms with E-state index in [1.807, 2.05) is 19.9 Å². The third-order valence-electron chi connectivity index (χ3n) is 2.21. The smallest absolute Gasteiger partial charge is 0.125 e. The molecule has 0 heterocycles. The molecule has 0 amide bonds. The zero-order valence-electron chi connectivity index (χ0n) is 10.0. The summed E-state index contributed by atoms with van der Waals surface area (Å²) in [5.74, 6) is 0.570. The van der Waals surface area contributed by atoms with Crippen LogP contribution < -0.4 is 11.5 Å². The molecule has 0 saturated carbocycles. The summed E-state index contributed by atoms with van der Waals surface area (Å²) in [5, 5.41) is 8.75. The van der Waals surface area contributed by atoms with Crippen LogP contribution in [-0.2, 0) is 0 Å². The molecule has 1 aromatic carbocycles. The average Bonchev–Trinajstić information content (AvgIpc) is 2.28. The summed E-state index contributed by atoms with van der Waals surface area (Å²) in [6, 6.07) is 8.99. The fourth-order valence-electron chi connectivity index (χ4n) is 1.16. The first-order valence-electron chi connectivity index (χ1n) is 5.34. The topological polar surface area (TPSA) is 88.2 Å². The molecule has 0 fully saturated rings. The SMILES string of the molecule is CC(C)C(N)=CC(N)=Nc1cccc(C#N)c1. The Hall–Kier alpha value is -2.28. The Bertz CT molecular complexity index is 492. The van der Waals surface area contributed by atoms with Crippen molar-refractivity contribution in [2.45, 2.75) is 13.8 Å². The minimum Gasteiger partial charge on any atom is -0.402 e. The van der Waals surface area contributed by atoms with Crippen LogP contribution in [0.4, 0.5) is 5.69 Å². The molecule has 4 nitrogen and oxygen atoms in total. The van der Waals surface area contributed by atoms with E-state index in [9.17, 15) is 0 Å². The van der Waals surface area contributed by atoms with E-state index in [-0.39, 0.29) is 5.92 Å². The molecular formula is C13H16N4. The summed E-state index contributed by atoms with van der Waals surface area (Å²) in [6.45, 7) is 3.96. The van der Waals surface area contributed by atoms with Gasteiger partial charge >= 0.3 is 0 Å². The molecule has 0 atom stereocenters. The maximum absolute atomic E-state index is 8.75. The number of rotatable bonds is 3. The Kier molecular flexibility index (Phi) is 4.29. The Balaban J connectivity index is 2.95. The predicted molar refractivity (Wildman–Crippen MR) is 69.5 cm³/mol. The third-order valence-corrected chi connectivity index (χ3v) is 2.21. The lowest BCUT2D eigenvalue weighted by atomic mass is 10.1. The Labute approximate surface area is 101 Å². The molecule has 0 unspecified atom stereocenters. The lowest BCUT2D eigenvalue weighted by Gasteiger charge is -2.04. The van der Waals surface area contributed by atoms with Crippen molar-refractivity contribution in [3.63, 3.8) is 0 Å². The highest BCUT2D eigenvalue weighted by molar-refractivity contribution is 5.93. The summed E-state index contributed by atoms with van der Waals surface area (Å²) in [5.41, 5.74) is 13.4. The Morgan fingerprint density at radius 2 is 2.12 bits per heavy atom. The van der Waals surface area contributed by atoms with Gasteiger partial charge in [0.25, 0.3) is 0 Å². The highest BCUT2D eigenvalue weighted by Crippen LogP contribution is 2.13. The van der Waals surface area contributed by atoms with Crippen LogP contribution in [0.3, 0.4) is 0 Å². The van der Waals surface area contributed by atoms with Crippen molar-refractivity contribution >= 4 is 11.5 Å². The molecule has 17 heavy (non-hydrogen) atoms. The van der Waals surface area contributed by atoms with Gasteiger partial charge in [-0.05, 0) is 30.2 Å². The first-order chi connectivity index (χ1) is 8.02. The summed E-state index contributed by atoms with van der Waals surface area (Å²) in [4.78, 5) is 4.18. The number of hydrogen-bond acceptors (Lipinski definition) is 3. The number of nitrogens with two attached hydrogens (primary N) is 2. The molecule has 0 aliphatic rings. The highest BCUT2D eigenvalue weighted by Gasteiger charge is 1.99. The van der Waals surface area contributed by atoms with E-state index in [0.717, 1.165) is 0 Å². The minimum atomic E-state index is 0.231. The number of benzene rings is 1. The fourth-order valence-corrected chi connectivity index (χ4v) is 1.16. The number of aliphatic imine (C=N–C) groups is 1. The molecule has 88 valence electrons. The average molecular weight is 228 g/mol. The van der Waals surface area contributed by atoms with Crippen LogP contribution in [0.2, 0.25) is 0 Å². The van der Waals surface area contributed by atoms with E-state index in [1.54, 1.807) is 30.3 Å². The molecule has 0 aromatic heterocycles. The quantitative estimate of drug-likeness (QED) is 0.613. The third kappa shape index (κ3) is 3.99. The van der Waals surface area contributed by atoms with E-state index in [1.165, 1.54) is 0 Å². The summed E-state index contributed by atoms with van der Waals surface area (Å²) < 4.78 is 0. The molecule has 1 aromatic rings. The van der Waals surface area contributed by atoms with Crippen LogP contribution in [0, 0.1) is 17.2 Å². The van der Waals surface area contributed by atoms with E-state index < -0.39 is 0 Å². The molecule has 1 rings (SSSR count). The fraction of sp³-hybridized carbons (Fsp3) is 0.231. The van der Waals surface area contributed by atoms with E-state index in [2.05, 4.69) is 4.99 Å². The van der Waals surface area contributed by atoms with Crippen LogP contribution in [0.5, 0.6) is 0 Å². The second-order valence-electron chi connectivity index (χ2n) is 4.00. The van der Waals surface area contributed by atoms with Gasteiger partial charge in [-0.2, -0.15) is 5.26 Å². The van der Waals surface area contributed by atoms with Gasteiger partial charge in [-0.1, -0.05) is 19.9 Å². The lowest BCUT2D eigenvalue weighted by molar-refractivity contribution is 0.758. The van der Waals surface area contributed by atoms with Crippen molar-refractivity contribution in [3.05, 3.63) is 41.6 Å². The van der Waals surface area contributed by atoms with Gasteiger partial charge in [0.2, 0.25) is 0 Å². The molecule has 0 spiro atoms. The minimum absolute atomic E-state index is 0.231. The zero-order chi connectivity index (χ0) is 12.8. The van der Waals surface area contributed by atoms with Crippen molar-refractivity contribution in [3.8, 4) is 6.07 Å². The van der Waals surface area contributed by atoms with E-state index >= 15 is 0 Å². The molecule has 4 N–H and O–H groups in total. The van der Waals surface area contributed by atoms with Crippen molar-refractivity contribution < 1.29 is 0 Å². The van der Waals surface area contributed by atoms with Crippen LogP contribution >= 0.6 is 0 Å². The molecule has 4 heteroatoms. The Morgan fingerprint density at radius 1 is 1.41 bits per heavy atom. The lowest BCUT2D eigenvalue weighted by Crippen LogP contribution is -2.14. The van der Waals surface area contributed by atoms with Crippen molar-refractivity contribution in [2.24, 2.45) is 22.4 Å². The highest BCUT2D eigenvalue weighted by atomic mass is 14.9. The van der Waals surface area contributed by atoms with Crippen LogP contribution in [-0.4, -0.2) is 5.84 Å². The van der Waals surface area contributed by atoms with Gasteiger partial charge in [0.15, 0.2) is 0 Å². The zero-order valence-corrected chi connectivity index (χ0v) is 10.0. The van der Waals surface area contributed by atoms with E-state index in [0.29, 0.717) is 22.8 Å². The number of amidine groups is 1. The Morgan fingerprint density at radius 3 is 2.71 bits per heavy atom. The van der Waals surface area contributed by atoms with Crippen molar-refractivity contribution in [1.29, 1.82) is 5.26 Å². The number of nitriles is 1. The summed E-state index contributed by atoms with van der Waals surface area (Å²) in [7, 11) is 0. The van der Waals surface area contributed by atoms with Gasteiger partial charge in [0.1, 0.15) is 5.84 Å². The molecular weight excluding hydrogens is 212 g/mol. The maximum Gasteiger partial charge on any atom is 0.125 e. The first-order valence-corrected chi connectivity index (χ1v) is 5.34. The number of hydrogen-bond donors (Lipinski definition) is 2. The summed E-state index contributed by atoms with van der Waals surface area (Å²) >= 11 is 0. The van der Waals surface area contributed by atoms with Crippen molar-refractivity contribution in [1.82, 2.24) is 0 Å². The molecule has 0 aliphatic carbocycles. The molecule has 0 radical (unpaired) electrons. The number of nitrogens with zero attached hydrogens (tertiary/aromatic N) is 2. The maximum atomic E-state index is 8.75. The normalized spacial score (nSPS) is 12.6. The monoisotopic (exact) mass is 228 g/mol. The largest absolute Gasteiger partial charge is 0.402 e. The predicted octanol–water partition coefficient (Wildman–Crippen LogP) is 2.05. The van der Waals surface area contributed by atoms with Gasteiger partial charge in [-0.3, -0.25) is 0 Å². The summed E-state index contributed by atoms with van der Waals surface area (Å²) in [6.07, 6.45) is 1.64. The first kappa shape index (κ1) is 12.8. The van der Waals surface area contributed by atoms with Crippen LogP contribution in [0.15, 0.2) is 41.0 Å². The van der Waals surface area contributed by atoms with Gasteiger partial charge < -0.3 is 11.5 Å². The second-order valence-corrected chi connectivity index (χ2v) is 4.00. The van der Waals surface area contributed by atoms with Gasteiger partial charge in [0, 0.05) is 5.70 Å². The van der Waals surface area contributed by atoms with Crippen LogP contribution in [0.25, 0.3) is 0 Å². The van der Waals surface area contributed by atoms with Crippen molar-refractivity contribution in [2.75, 3.05) is 0 Å². The number of allylic oxidation sites excluding steroid dienone is 1. The molecule has 0 aliphatic heterocycles. The van der Waals surface area contributed by atoms with Gasteiger partial charge in [-0.25, -0.2) is 4.99 Å². The van der Waals surface area contributed by atoms with Gasteiger partial charge in [0.05, 0.1) is 17.3 Å². The van der Waals surface area contributed by atoms with E-state index in [4.69, 9.17) is 16.7 Å². The van der Waals surface area contributed by atoms with Gasteiger partial charge in [-0.15, -0.1) is 0 Å². The van der Waals surface area contributed by atoms with Crippen LogP contribution in [0.1, 0.15) is 19.4 Å². The molecule has 0 saturated heterocycles. The molecule has 0 bridgehead atoms. The standard InChI is InChI=1S/C13H16N4/c1-9(2)12(15)7-13(16)17-11-5-3-4-10(6-11)8-14/h3-7,9H,15H2,1-2H3,(H2,16,17).